The second-order valence-corrected chi connectivity index (χ2v) is 21.5. The minimum Gasteiger partial charge on any atom is -0.422 e. The first-order chi connectivity index (χ1) is 30.1. The fraction of sp³-hybridized carbons (Fsp3) is 0.211. The molecular formula is C57H49N3OPtS2. The van der Waals surface area contributed by atoms with Crippen molar-refractivity contribution in [3.05, 3.63) is 162 Å². The van der Waals surface area contributed by atoms with Crippen LogP contribution in [-0.4, -0.2) is 15.0 Å². The predicted molar refractivity (Wildman–Crippen MR) is 268 cm³/mol. The molecule has 7 heteroatoms. The molecule has 10 aromatic rings. The molecule has 4 aromatic heterocycles. The van der Waals surface area contributed by atoms with Gasteiger partial charge in [-0.05, 0) is 70.6 Å². The van der Waals surface area contributed by atoms with Crippen LogP contribution >= 0.6 is 22.7 Å². The van der Waals surface area contributed by atoms with Crippen LogP contribution in [0.25, 0.3) is 85.4 Å². The second kappa shape index (κ2) is 16.5. The predicted octanol–water partition coefficient (Wildman–Crippen LogP) is 16.6. The third-order valence-electron chi connectivity index (χ3n) is 11.8. The van der Waals surface area contributed by atoms with Crippen molar-refractivity contribution in [2.45, 2.75) is 78.6 Å². The van der Waals surface area contributed by atoms with Crippen LogP contribution in [0.4, 0.5) is 0 Å². The van der Waals surface area contributed by atoms with Gasteiger partial charge in [-0.3, -0.25) is 9.97 Å². The number of nitrogens with zero attached hydrogens (tertiary/aromatic N) is 3. The minimum absolute atomic E-state index is 0. The van der Waals surface area contributed by atoms with E-state index < -0.39 is 0 Å². The van der Waals surface area contributed by atoms with Gasteiger partial charge in [0.15, 0.2) is 0 Å². The second-order valence-electron chi connectivity index (χ2n) is 19.6. The number of thiazole rings is 1. The summed E-state index contributed by atoms with van der Waals surface area (Å²) < 4.78 is 9.30. The number of hydrogen-bond acceptors (Lipinski definition) is 6. The van der Waals surface area contributed by atoms with Crippen molar-refractivity contribution in [2.75, 3.05) is 0 Å². The zero-order valence-electron chi connectivity index (χ0n) is 37.6. The number of rotatable bonds is 6. The van der Waals surface area contributed by atoms with E-state index in [1.165, 1.54) is 32.3 Å². The Kier molecular flexibility index (Phi) is 11.3. The van der Waals surface area contributed by atoms with E-state index in [1.54, 1.807) is 22.7 Å². The number of pyridine rings is 2. The molecule has 320 valence electrons. The van der Waals surface area contributed by atoms with Crippen molar-refractivity contribution >= 4 is 63.8 Å². The summed E-state index contributed by atoms with van der Waals surface area (Å²) in [6.45, 7) is 20.5. The zero-order chi connectivity index (χ0) is 43.8. The van der Waals surface area contributed by atoms with Gasteiger partial charge in [-0.1, -0.05) is 164 Å². The molecule has 0 aliphatic rings. The first kappa shape index (κ1) is 43.7. The van der Waals surface area contributed by atoms with Crippen molar-refractivity contribution in [1.82, 2.24) is 15.0 Å². The molecule has 0 fully saturated rings. The molecule has 4 heterocycles. The first-order valence-corrected chi connectivity index (χ1v) is 23.2. The van der Waals surface area contributed by atoms with Gasteiger partial charge in [0.1, 0.15) is 9.84 Å². The average Bonchev–Trinajstić information content (AvgIpc) is 3.84. The fourth-order valence-corrected chi connectivity index (χ4v) is 11.1. The molecule has 4 nitrogen and oxygen atoms in total. The van der Waals surface area contributed by atoms with E-state index in [1.807, 2.05) is 24.3 Å². The zero-order valence-corrected chi connectivity index (χ0v) is 41.5. The van der Waals surface area contributed by atoms with Gasteiger partial charge in [0.05, 0.1) is 4.70 Å². The number of fused-ring (bicyclic) bond motifs is 6. The Morgan fingerprint density at radius 1 is 0.562 bits per heavy atom. The average molecular weight is 1050 g/mol. The summed E-state index contributed by atoms with van der Waals surface area (Å²) in [5.41, 5.74) is 10.3. The topological polar surface area (TPSA) is 47.9 Å². The Bertz CT molecular complexity index is 3340. The first-order valence-electron chi connectivity index (χ1n) is 21.6. The summed E-state index contributed by atoms with van der Waals surface area (Å²) in [7, 11) is 0. The number of thiophene rings is 1. The van der Waals surface area contributed by atoms with Gasteiger partial charge in [0, 0.05) is 23.4 Å². The van der Waals surface area contributed by atoms with E-state index in [9.17, 15) is 0 Å². The largest absolute Gasteiger partial charge is 2.00 e. The van der Waals surface area contributed by atoms with E-state index in [2.05, 4.69) is 184 Å². The smallest absolute Gasteiger partial charge is 0.422 e. The molecule has 0 aliphatic heterocycles. The summed E-state index contributed by atoms with van der Waals surface area (Å²) in [6, 6.07) is 54.1. The van der Waals surface area contributed by atoms with Crippen LogP contribution in [0, 0.1) is 12.1 Å². The number of hydrogen-bond donors (Lipinski definition) is 0. The van der Waals surface area contributed by atoms with Crippen LogP contribution in [0.15, 0.2) is 133 Å². The summed E-state index contributed by atoms with van der Waals surface area (Å²) in [5, 5.41) is 6.49. The van der Waals surface area contributed by atoms with Crippen LogP contribution in [0.5, 0.6) is 11.8 Å². The van der Waals surface area contributed by atoms with E-state index in [4.69, 9.17) is 19.7 Å². The molecule has 0 radical (unpaired) electrons. The Morgan fingerprint density at radius 3 is 1.97 bits per heavy atom. The van der Waals surface area contributed by atoms with E-state index >= 15 is 0 Å². The molecule has 6 aromatic carbocycles. The monoisotopic (exact) mass is 1050 g/mol. The Morgan fingerprint density at radius 2 is 1.27 bits per heavy atom. The number of aromatic nitrogens is 3. The van der Waals surface area contributed by atoms with E-state index in [0.29, 0.717) is 11.8 Å². The fourth-order valence-electron chi connectivity index (χ4n) is 8.63. The minimum atomic E-state index is -0.115. The van der Waals surface area contributed by atoms with Crippen molar-refractivity contribution in [2.24, 2.45) is 0 Å². The molecule has 10 rings (SSSR count). The molecule has 0 bridgehead atoms. The molecule has 64 heavy (non-hydrogen) atoms. The molecule has 0 unspecified atom stereocenters. The molecule has 0 saturated carbocycles. The van der Waals surface area contributed by atoms with Crippen molar-refractivity contribution in [1.29, 1.82) is 0 Å². The van der Waals surface area contributed by atoms with Crippen molar-refractivity contribution < 1.29 is 25.8 Å². The van der Waals surface area contributed by atoms with Gasteiger partial charge in [-0.2, -0.15) is 11.3 Å². The standard InChI is InChI=1S/C57H49N3OS2.Pt/c1-55(2,3)39-27-28-41-37(29-39)32-47(59-50(41)42-30-36-23-16-17-24-40(36)49-51(42)62-54-52(49)63-53(60-54)35-21-14-11-15-22-35)61-46-33-38(31-45(58-46)34-19-12-10-13-20-34)48-43(56(4,5)6)25-18-26-44(48)57(7,8)9;/h10-19,21-29,31-33H,1-9H3;/q-2;+2. The van der Waals surface area contributed by atoms with Crippen LogP contribution < -0.4 is 4.74 Å². The normalized spacial score (nSPS) is 12.3. The molecule has 0 spiro atoms. The Balaban J connectivity index is 0.00000518. The number of benzene rings is 6. The molecule has 0 N–H and O–H groups in total. The third kappa shape index (κ3) is 8.10. The molecule has 0 saturated heterocycles. The summed E-state index contributed by atoms with van der Waals surface area (Å²) in [6.07, 6.45) is 0. The molecule has 0 atom stereocenters. The van der Waals surface area contributed by atoms with Gasteiger partial charge in [-0.15, -0.1) is 64.8 Å². The Hall–Kier alpha value is -5.52. The van der Waals surface area contributed by atoms with Gasteiger partial charge >= 0.3 is 21.1 Å². The van der Waals surface area contributed by atoms with Crippen molar-refractivity contribution in [3.63, 3.8) is 0 Å². The molecule has 0 aliphatic carbocycles. The van der Waals surface area contributed by atoms with Gasteiger partial charge in [-0.25, -0.2) is 4.98 Å². The van der Waals surface area contributed by atoms with Gasteiger partial charge in [0.2, 0.25) is 11.8 Å². The summed E-state index contributed by atoms with van der Waals surface area (Å²) >= 11 is 3.47. The van der Waals surface area contributed by atoms with E-state index in [-0.39, 0.29) is 37.3 Å². The quantitative estimate of drug-likeness (QED) is 0.156. The molecule has 0 amide bonds. The van der Waals surface area contributed by atoms with Crippen LogP contribution in [0.1, 0.15) is 79.0 Å². The van der Waals surface area contributed by atoms with Crippen LogP contribution in [-0.2, 0) is 37.3 Å². The van der Waals surface area contributed by atoms with E-state index in [0.717, 1.165) is 69.7 Å². The maximum Gasteiger partial charge on any atom is 2.00 e. The third-order valence-corrected chi connectivity index (χ3v) is 14.2. The molecular weight excluding hydrogens is 1000 g/mol. The maximum absolute atomic E-state index is 7.00. The summed E-state index contributed by atoms with van der Waals surface area (Å²) in [4.78, 5) is 16.9. The van der Waals surface area contributed by atoms with Gasteiger partial charge in [0.25, 0.3) is 0 Å². The van der Waals surface area contributed by atoms with Crippen molar-refractivity contribution in [3.8, 4) is 56.0 Å². The number of ether oxygens (including phenoxy) is 1. The van der Waals surface area contributed by atoms with Crippen LogP contribution in [0.3, 0.4) is 0 Å². The maximum atomic E-state index is 7.00. The Labute approximate surface area is 398 Å². The SMILES string of the molecule is CC(C)(C)c1ccc2c(-c3[c-]c4ccccc4c4c3sc3nc(-c5ccccc5)sc34)nc(Oc3cc(-c4c(C(C)(C)C)cccc4C(C)(C)C)cc(-c4[c-]cccc4)n3)cc2c1.[Pt+2]. The summed E-state index contributed by atoms with van der Waals surface area (Å²) in [5.74, 6) is 0.934. The van der Waals surface area contributed by atoms with Crippen LogP contribution in [0.2, 0.25) is 0 Å². The van der Waals surface area contributed by atoms with Gasteiger partial charge < -0.3 is 4.74 Å².